The van der Waals surface area contributed by atoms with Crippen LogP contribution < -0.4 is 4.74 Å². The number of ether oxygens (including phenoxy) is 1. The van der Waals surface area contributed by atoms with Crippen LogP contribution >= 0.6 is 0 Å². The van der Waals surface area contributed by atoms with Crippen LogP contribution in [0.25, 0.3) is 0 Å². The van der Waals surface area contributed by atoms with Crippen LogP contribution in [0, 0.1) is 0 Å². The molecule has 0 aliphatic rings. The Kier molecular flexibility index (Phi) is 6.35. The normalized spacial score (nSPS) is 11.0. The van der Waals surface area contributed by atoms with Crippen molar-refractivity contribution >= 4 is 0 Å². The number of rotatable bonds is 9. The van der Waals surface area contributed by atoms with Gasteiger partial charge in [-0.25, -0.2) is 4.98 Å². The molecule has 0 radical (unpaired) electrons. The van der Waals surface area contributed by atoms with Gasteiger partial charge < -0.3 is 14.4 Å². The van der Waals surface area contributed by atoms with Gasteiger partial charge in [-0.2, -0.15) is 0 Å². The maximum atomic E-state index is 9.38. The lowest BCUT2D eigenvalue weighted by molar-refractivity contribution is 0.181. The van der Waals surface area contributed by atoms with Crippen molar-refractivity contribution in [1.82, 2.24) is 19.4 Å². The molecule has 0 saturated heterocycles. The van der Waals surface area contributed by atoms with Crippen LogP contribution in [0.5, 0.6) is 5.75 Å². The van der Waals surface area contributed by atoms with Crippen molar-refractivity contribution in [3.05, 3.63) is 78.1 Å². The van der Waals surface area contributed by atoms with E-state index in [9.17, 15) is 5.11 Å². The van der Waals surface area contributed by atoms with E-state index in [1.165, 1.54) is 0 Å². The van der Waals surface area contributed by atoms with Crippen molar-refractivity contribution in [2.45, 2.75) is 19.7 Å². The van der Waals surface area contributed by atoms with E-state index in [0.717, 1.165) is 35.8 Å². The number of hydrogen-bond donors (Lipinski definition) is 1. The van der Waals surface area contributed by atoms with Crippen LogP contribution in [-0.2, 0) is 26.7 Å². The van der Waals surface area contributed by atoms with Crippen molar-refractivity contribution in [1.29, 1.82) is 0 Å². The minimum atomic E-state index is 0.119. The number of hydrogen-bond acceptors (Lipinski definition) is 5. The topological polar surface area (TPSA) is 63.4 Å². The number of aromatic nitrogens is 3. The minimum absolute atomic E-state index is 0.119. The largest absolute Gasteiger partial charge is 0.487 e. The van der Waals surface area contributed by atoms with E-state index in [2.05, 4.69) is 20.9 Å². The van der Waals surface area contributed by atoms with Crippen LogP contribution in [-0.4, -0.2) is 37.7 Å². The number of aliphatic hydroxyl groups excluding tert-OH is 1. The van der Waals surface area contributed by atoms with Gasteiger partial charge in [0.2, 0.25) is 0 Å². The molecule has 136 valence electrons. The minimum Gasteiger partial charge on any atom is -0.487 e. The Morgan fingerprint density at radius 1 is 1.15 bits per heavy atom. The van der Waals surface area contributed by atoms with Gasteiger partial charge >= 0.3 is 0 Å². The zero-order valence-electron chi connectivity index (χ0n) is 15.0. The Morgan fingerprint density at radius 2 is 2.08 bits per heavy atom. The first kappa shape index (κ1) is 18.1. The third kappa shape index (κ3) is 5.15. The standard InChI is InChI=1S/C20H24N4O2/c1-23-16-21-12-19(23)14-24(9-10-25)13-17-5-4-7-20(11-17)26-15-18-6-2-3-8-22-18/h2-8,11-12,16,25H,9-10,13-15H2,1H3. The molecule has 3 aromatic rings. The molecule has 0 aliphatic carbocycles. The van der Waals surface area contributed by atoms with Gasteiger partial charge in [0.1, 0.15) is 12.4 Å². The highest BCUT2D eigenvalue weighted by molar-refractivity contribution is 5.28. The van der Waals surface area contributed by atoms with Crippen molar-refractivity contribution in [3.8, 4) is 5.75 Å². The third-order valence-electron chi connectivity index (χ3n) is 4.14. The summed E-state index contributed by atoms with van der Waals surface area (Å²) < 4.78 is 7.85. The van der Waals surface area contributed by atoms with Crippen LogP contribution in [0.3, 0.4) is 0 Å². The molecule has 2 aromatic heterocycles. The summed E-state index contributed by atoms with van der Waals surface area (Å²) in [5.41, 5.74) is 3.15. The first-order chi connectivity index (χ1) is 12.7. The quantitative estimate of drug-likeness (QED) is 0.641. The molecule has 0 atom stereocenters. The Labute approximate surface area is 153 Å². The summed E-state index contributed by atoms with van der Waals surface area (Å²) in [6, 6.07) is 13.8. The second kappa shape index (κ2) is 9.12. The summed E-state index contributed by atoms with van der Waals surface area (Å²) in [5, 5.41) is 9.38. The molecular weight excluding hydrogens is 328 g/mol. The molecule has 1 N–H and O–H groups in total. The van der Waals surface area contributed by atoms with Gasteiger partial charge in [0, 0.05) is 39.1 Å². The van der Waals surface area contributed by atoms with Gasteiger partial charge in [-0.05, 0) is 29.8 Å². The molecule has 0 amide bonds. The first-order valence-corrected chi connectivity index (χ1v) is 8.64. The molecule has 0 spiro atoms. The predicted octanol–water partition coefficient (Wildman–Crippen LogP) is 2.39. The highest BCUT2D eigenvalue weighted by atomic mass is 16.5. The van der Waals surface area contributed by atoms with E-state index < -0.39 is 0 Å². The molecule has 6 nitrogen and oxygen atoms in total. The van der Waals surface area contributed by atoms with Crippen LogP contribution in [0.1, 0.15) is 17.0 Å². The molecule has 0 bridgehead atoms. The SMILES string of the molecule is Cn1cncc1CN(CCO)Cc1cccc(OCc2ccccn2)c1. The Bertz CT molecular complexity index is 804. The van der Waals surface area contributed by atoms with Gasteiger partial charge in [0.15, 0.2) is 0 Å². The molecule has 0 saturated carbocycles. The second-order valence-corrected chi connectivity index (χ2v) is 6.19. The van der Waals surface area contributed by atoms with Gasteiger partial charge in [0.25, 0.3) is 0 Å². The first-order valence-electron chi connectivity index (χ1n) is 8.64. The Morgan fingerprint density at radius 3 is 2.81 bits per heavy atom. The molecule has 1 aromatic carbocycles. The molecule has 0 unspecified atom stereocenters. The maximum Gasteiger partial charge on any atom is 0.130 e. The van der Waals surface area contributed by atoms with Gasteiger partial charge in [-0.3, -0.25) is 9.88 Å². The molecule has 6 heteroatoms. The summed E-state index contributed by atoms with van der Waals surface area (Å²) in [6.45, 7) is 2.63. The van der Waals surface area contributed by atoms with Crippen molar-refractivity contribution in [3.63, 3.8) is 0 Å². The Hall–Kier alpha value is -2.70. The zero-order chi connectivity index (χ0) is 18.2. The fraction of sp³-hybridized carbons (Fsp3) is 0.300. The maximum absolute atomic E-state index is 9.38. The molecule has 3 rings (SSSR count). The molecule has 26 heavy (non-hydrogen) atoms. The number of aliphatic hydroxyl groups is 1. The summed E-state index contributed by atoms with van der Waals surface area (Å²) in [4.78, 5) is 10.6. The second-order valence-electron chi connectivity index (χ2n) is 6.19. The highest BCUT2D eigenvalue weighted by Crippen LogP contribution is 2.17. The van der Waals surface area contributed by atoms with Gasteiger partial charge in [-0.15, -0.1) is 0 Å². The lowest BCUT2D eigenvalue weighted by atomic mass is 10.2. The fourth-order valence-electron chi connectivity index (χ4n) is 2.75. The molecular formula is C20H24N4O2. The number of imidazole rings is 1. The van der Waals surface area contributed by atoms with Crippen LogP contribution in [0.15, 0.2) is 61.2 Å². The van der Waals surface area contributed by atoms with E-state index in [1.807, 2.05) is 54.2 Å². The number of aryl methyl sites for hydroxylation is 1. The van der Waals surface area contributed by atoms with E-state index in [-0.39, 0.29) is 6.61 Å². The summed E-state index contributed by atoms with van der Waals surface area (Å²) in [5.74, 6) is 0.817. The van der Waals surface area contributed by atoms with Gasteiger partial charge in [0.05, 0.1) is 24.3 Å². The fourth-order valence-corrected chi connectivity index (χ4v) is 2.75. The number of nitrogens with zero attached hydrogens (tertiary/aromatic N) is 4. The van der Waals surface area contributed by atoms with Crippen molar-refractivity contribution in [2.24, 2.45) is 7.05 Å². The van der Waals surface area contributed by atoms with E-state index in [4.69, 9.17) is 4.74 Å². The third-order valence-corrected chi connectivity index (χ3v) is 4.14. The van der Waals surface area contributed by atoms with Crippen LogP contribution in [0.4, 0.5) is 0 Å². The van der Waals surface area contributed by atoms with Crippen molar-refractivity contribution < 1.29 is 9.84 Å². The van der Waals surface area contributed by atoms with Crippen molar-refractivity contribution in [2.75, 3.05) is 13.2 Å². The summed E-state index contributed by atoms with van der Waals surface area (Å²) in [6.07, 6.45) is 5.41. The van der Waals surface area contributed by atoms with E-state index in [0.29, 0.717) is 13.2 Å². The Balaban J connectivity index is 1.63. The number of benzene rings is 1. The molecule has 0 fully saturated rings. The molecule has 0 aliphatic heterocycles. The average Bonchev–Trinajstić information content (AvgIpc) is 3.06. The zero-order valence-corrected chi connectivity index (χ0v) is 15.0. The highest BCUT2D eigenvalue weighted by Gasteiger charge is 2.10. The predicted molar refractivity (Wildman–Crippen MR) is 99.4 cm³/mol. The lowest BCUT2D eigenvalue weighted by Gasteiger charge is -2.21. The average molecular weight is 352 g/mol. The lowest BCUT2D eigenvalue weighted by Crippen LogP contribution is -2.27. The number of pyridine rings is 1. The van der Waals surface area contributed by atoms with Crippen LogP contribution in [0.2, 0.25) is 0 Å². The summed E-state index contributed by atoms with van der Waals surface area (Å²) in [7, 11) is 1.98. The summed E-state index contributed by atoms with van der Waals surface area (Å²) >= 11 is 0. The van der Waals surface area contributed by atoms with Gasteiger partial charge in [-0.1, -0.05) is 18.2 Å². The van der Waals surface area contributed by atoms with E-state index >= 15 is 0 Å². The smallest absolute Gasteiger partial charge is 0.130 e. The molecule has 2 heterocycles. The monoisotopic (exact) mass is 352 g/mol. The van der Waals surface area contributed by atoms with E-state index in [1.54, 1.807) is 12.5 Å².